The zero-order chi connectivity index (χ0) is 17.1. The topological polar surface area (TPSA) is 55.3 Å². The predicted octanol–water partition coefficient (Wildman–Crippen LogP) is 3.88. The van der Waals surface area contributed by atoms with Gasteiger partial charge in [-0.15, -0.1) is 0 Å². The summed E-state index contributed by atoms with van der Waals surface area (Å²) >= 11 is 0. The van der Waals surface area contributed by atoms with Crippen molar-refractivity contribution in [2.24, 2.45) is 0 Å². The van der Waals surface area contributed by atoms with E-state index in [0.717, 1.165) is 16.6 Å². The lowest BCUT2D eigenvalue weighted by Crippen LogP contribution is -2.16. The number of anilines is 2. The third-order valence-electron chi connectivity index (χ3n) is 3.75. The van der Waals surface area contributed by atoms with Gasteiger partial charge >= 0.3 is 5.97 Å². The van der Waals surface area contributed by atoms with Crippen LogP contribution in [-0.4, -0.2) is 29.6 Å². The van der Waals surface area contributed by atoms with Gasteiger partial charge in [-0.3, -0.25) is 0 Å². The van der Waals surface area contributed by atoms with E-state index in [-0.39, 0.29) is 12.4 Å². The quantitative estimate of drug-likeness (QED) is 0.683. The van der Waals surface area contributed by atoms with Crippen molar-refractivity contribution in [2.45, 2.75) is 13.8 Å². The van der Waals surface area contributed by atoms with Crippen LogP contribution in [0.5, 0.6) is 0 Å². The summed E-state index contributed by atoms with van der Waals surface area (Å²) in [6.07, 6.45) is 0. The standard InChI is InChI=1S/C19H19N3O2/c1-4-24-19(23)17-20-16-11-6-5-10-15(16)18(21-17)22(3)14-9-7-8-13(2)12-14/h5-12H,4H2,1-3H3. The van der Waals surface area contributed by atoms with Crippen molar-refractivity contribution in [2.75, 3.05) is 18.6 Å². The fourth-order valence-electron chi connectivity index (χ4n) is 2.56. The summed E-state index contributed by atoms with van der Waals surface area (Å²) in [7, 11) is 1.93. The van der Waals surface area contributed by atoms with Crippen LogP contribution in [-0.2, 0) is 4.74 Å². The van der Waals surface area contributed by atoms with Crippen molar-refractivity contribution < 1.29 is 9.53 Å². The van der Waals surface area contributed by atoms with E-state index in [1.165, 1.54) is 0 Å². The Bertz CT molecular complexity index is 893. The average molecular weight is 321 g/mol. The molecule has 5 nitrogen and oxygen atoms in total. The van der Waals surface area contributed by atoms with Crippen molar-refractivity contribution >= 4 is 28.4 Å². The zero-order valence-electron chi connectivity index (χ0n) is 14.0. The lowest BCUT2D eigenvalue weighted by Gasteiger charge is -2.21. The number of aryl methyl sites for hydroxylation is 1. The lowest BCUT2D eigenvalue weighted by molar-refractivity contribution is 0.0512. The minimum Gasteiger partial charge on any atom is -0.460 e. The fourth-order valence-corrected chi connectivity index (χ4v) is 2.56. The van der Waals surface area contributed by atoms with Crippen LogP contribution in [0.2, 0.25) is 0 Å². The average Bonchev–Trinajstić information content (AvgIpc) is 2.60. The molecule has 0 saturated carbocycles. The van der Waals surface area contributed by atoms with Crippen LogP contribution in [0.1, 0.15) is 23.1 Å². The molecule has 0 aliphatic heterocycles. The first-order chi connectivity index (χ1) is 11.6. The number of hydrogen-bond donors (Lipinski definition) is 0. The maximum Gasteiger partial charge on any atom is 0.376 e. The van der Waals surface area contributed by atoms with Gasteiger partial charge in [0.15, 0.2) is 0 Å². The van der Waals surface area contributed by atoms with E-state index in [1.807, 2.05) is 61.3 Å². The van der Waals surface area contributed by atoms with Crippen molar-refractivity contribution in [3.8, 4) is 0 Å². The third-order valence-corrected chi connectivity index (χ3v) is 3.75. The molecule has 5 heteroatoms. The number of carbonyl (C=O) groups excluding carboxylic acids is 1. The molecule has 3 rings (SSSR count). The Morgan fingerprint density at radius 3 is 2.67 bits per heavy atom. The van der Waals surface area contributed by atoms with Gasteiger partial charge in [0, 0.05) is 18.1 Å². The zero-order valence-corrected chi connectivity index (χ0v) is 14.0. The number of esters is 1. The molecular weight excluding hydrogens is 302 g/mol. The second kappa shape index (κ2) is 6.66. The number of para-hydroxylation sites is 1. The smallest absolute Gasteiger partial charge is 0.376 e. The first-order valence-corrected chi connectivity index (χ1v) is 7.84. The van der Waals surface area contributed by atoms with Gasteiger partial charge in [-0.05, 0) is 43.7 Å². The summed E-state index contributed by atoms with van der Waals surface area (Å²) in [4.78, 5) is 22.8. The largest absolute Gasteiger partial charge is 0.460 e. The van der Waals surface area contributed by atoms with Gasteiger partial charge in [-0.2, -0.15) is 0 Å². The van der Waals surface area contributed by atoms with Crippen LogP contribution in [0, 0.1) is 6.92 Å². The summed E-state index contributed by atoms with van der Waals surface area (Å²) in [6, 6.07) is 15.8. The second-order valence-corrected chi connectivity index (χ2v) is 5.51. The Morgan fingerprint density at radius 1 is 1.12 bits per heavy atom. The predicted molar refractivity (Wildman–Crippen MR) is 94.7 cm³/mol. The maximum atomic E-state index is 12.1. The molecule has 0 aliphatic rings. The van der Waals surface area contributed by atoms with Crippen LogP contribution >= 0.6 is 0 Å². The summed E-state index contributed by atoms with van der Waals surface area (Å²) in [5.41, 5.74) is 2.86. The summed E-state index contributed by atoms with van der Waals surface area (Å²) in [5, 5.41) is 0.884. The summed E-state index contributed by atoms with van der Waals surface area (Å²) in [5.74, 6) is 0.237. The number of ether oxygens (including phenoxy) is 1. The van der Waals surface area contributed by atoms with Crippen LogP contribution in [0.3, 0.4) is 0 Å². The Kier molecular flexibility index (Phi) is 4.42. The van der Waals surface area contributed by atoms with Gasteiger partial charge in [0.05, 0.1) is 12.1 Å². The molecule has 0 bridgehead atoms. The van der Waals surface area contributed by atoms with Crippen molar-refractivity contribution in [1.29, 1.82) is 0 Å². The summed E-state index contributed by atoms with van der Waals surface area (Å²) < 4.78 is 5.05. The Morgan fingerprint density at radius 2 is 1.92 bits per heavy atom. The van der Waals surface area contributed by atoms with Crippen molar-refractivity contribution in [1.82, 2.24) is 9.97 Å². The molecule has 0 aliphatic carbocycles. The molecule has 0 amide bonds. The summed E-state index contributed by atoms with van der Waals surface area (Å²) in [6.45, 7) is 4.09. The van der Waals surface area contributed by atoms with Crippen LogP contribution in [0.25, 0.3) is 10.9 Å². The van der Waals surface area contributed by atoms with Crippen LogP contribution < -0.4 is 4.90 Å². The number of fused-ring (bicyclic) bond motifs is 1. The highest BCUT2D eigenvalue weighted by Gasteiger charge is 2.17. The maximum absolute atomic E-state index is 12.1. The van der Waals surface area contributed by atoms with Gasteiger partial charge in [-0.1, -0.05) is 24.3 Å². The van der Waals surface area contributed by atoms with Crippen molar-refractivity contribution in [3.05, 3.63) is 59.9 Å². The highest BCUT2D eigenvalue weighted by atomic mass is 16.5. The minimum atomic E-state index is -0.512. The van der Waals surface area contributed by atoms with E-state index >= 15 is 0 Å². The molecule has 0 radical (unpaired) electrons. The number of benzene rings is 2. The van der Waals surface area contributed by atoms with Crippen LogP contribution in [0.15, 0.2) is 48.5 Å². The molecule has 0 spiro atoms. The van der Waals surface area contributed by atoms with Crippen LogP contribution in [0.4, 0.5) is 11.5 Å². The SMILES string of the molecule is CCOC(=O)c1nc(N(C)c2cccc(C)c2)c2ccccc2n1. The molecule has 2 aromatic carbocycles. The van der Waals surface area contributed by atoms with Crippen molar-refractivity contribution in [3.63, 3.8) is 0 Å². The van der Waals surface area contributed by atoms with E-state index in [0.29, 0.717) is 11.3 Å². The van der Waals surface area contributed by atoms with Gasteiger partial charge in [0.25, 0.3) is 0 Å². The molecule has 1 heterocycles. The number of carbonyl (C=O) groups is 1. The second-order valence-electron chi connectivity index (χ2n) is 5.51. The Balaban J connectivity index is 2.16. The molecule has 0 atom stereocenters. The number of aromatic nitrogens is 2. The van der Waals surface area contributed by atoms with Gasteiger partial charge in [0.2, 0.25) is 5.82 Å². The van der Waals surface area contributed by atoms with E-state index in [1.54, 1.807) is 6.92 Å². The van der Waals surface area contributed by atoms with E-state index < -0.39 is 5.97 Å². The number of hydrogen-bond acceptors (Lipinski definition) is 5. The molecule has 3 aromatic rings. The monoisotopic (exact) mass is 321 g/mol. The third kappa shape index (κ3) is 3.06. The molecule has 0 N–H and O–H groups in total. The Labute approximate surface area is 140 Å². The molecule has 0 fully saturated rings. The van der Waals surface area contributed by atoms with E-state index in [9.17, 15) is 4.79 Å². The molecule has 1 aromatic heterocycles. The first kappa shape index (κ1) is 15.9. The van der Waals surface area contributed by atoms with Gasteiger partial charge < -0.3 is 9.64 Å². The normalized spacial score (nSPS) is 10.6. The number of nitrogens with zero attached hydrogens (tertiary/aromatic N) is 3. The van der Waals surface area contributed by atoms with Gasteiger partial charge in [0.1, 0.15) is 5.82 Å². The molecular formula is C19H19N3O2. The van der Waals surface area contributed by atoms with Gasteiger partial charge in [-0.25, -0.2) is 14.8 Å². The molecule has 24 heavy (non-hydrogen) atoms. The molecule has 0 unspecified atom stereocenters. The Hall–Kier alpha value is -2.95. The first-order valence-electron chi connectivity index (χ1n) is 7.84. The highest BCUT2D eigenvalue weighted by Crippen LogP contribution is 2.29. The highest BCUT2D eigenvalue weighted by molar-refractivity contribution is 5.95. The van der Waals surface area contributed by atoms with E-state index in [2.05, 4.69) is 16.0 Å². The van der Waals surface area contributed by atoms with E-state index in [4.69, 9.17) is 4.74 Å². The lowest BCUT2D eigenvalue weighted by atomic mass is 10.2. The molecule has 0 saturated heterocycles. The number of rotatable bonds is 4. The minimum absolute atomic E-state index is 0.0741. The fraction of sp³-hybridized carbons (Fsp3) is 0.211. The molecule has 122 valence electrons.